The van der Waals surface area contributed by atoms with Crippen LogP contribution in [0.25, 0.3) is 11.3 Å². The first-order chi connectivity index (χ1) is 12.0. The summed E-state index contributed by atoms with van der Waals surface area (Å²) in [6.45, 7) is 0.547. The first-order valence-corrected chi connectivity index (χ1v) is 8.24. The largest absolute Gasteiger partial charge is 0.481 e. The molecule has 25 heavy (non-hydrogen) atoms. The third-order valence-corrected chi connectivity index (χ3v) is 3.72. The van der Waals surface area contributed by atoms with Crippen LogP contribution in [0.15, 0.2) is 42.6 Å². The molecule has 2 rings (SSSR count). The second-order valence-corrected chi connectivity index (χ2v) is 5.76. The number of aliphatic carboxylic acids is 1. The highest BCUT2D eigenvalue weighted by molar-refractivity contribution is 5.76. The monoisotopic (exact) mass is 344 g/mol. The molecule has 0 aliphatic rings. The van der Waals surface area contributed by atoms with Crippen molar-refractivity contribution >= 4 is 11.9 Å². The number of carbonyl (C=O) groups excluding carboxylic acids is 1. The Hall–Kier alpha value is -2.76. The number of rotatable bonds is 9. The normalized spacial score (nSPS) is 10.4. The Kier molecular flexibility index (Phi) is 7.07. The van der Waals surface area contributed by atoms with Gasteiger partial charge >= 0.3 is 5.97 Å². The van der Waals surface area contributed by atoms with Crippen LogP contribution in [-0.4, -0.2) is 28.5 Å². The number of carboxylic acid groups (broad SMARTS) is 1. The zero-order valence-electron chi connectivity index (χ0n) is 13.9. The van der Waals surface area contributed by atoms with Crippen LogP contribution in [0.5, 0.6) is 0 Å². The third-order valence-electron chi connectivity index (χ3n) is 3.72. The highest BCUT2D eigenvalue weighted by atomic mass is 19.1. The van der Waals surface area contributed by atoms with E-state index >= 15 is 0 Å². The van der Waals surface area contributed by atoms with Gasteiger partial charge in [-0.2, -0.15) is 0 Å². The average Bonchev–Trinajstić information content (AvgIpc) is 2.60. The third kappa shape index (κ3) is 6.71. The molecule has 2 N–H and O–H groups in total. The molecule has 1 amide bonds. The average molecular weight is 344 g/mol. The van der Waals surface area contributed by atoms with Crippen LogP contribution in [0.1, 0.15) is 31.2 Å². The van der Waals surface area contributed by atoms with Crippen LogP contribution in [0.3, 0.4) is 0 Å². The number of nitrogens with zero attached hydrogens (tertiary/aromatic N) is 1. The maximum Gasteiger partial charge on any atom is 0.303 e. The summed E-state index contributed by atoms with van der Waals surface area (Å²) in [5.41, 5.74) is 2.71. The summed E-state index contributed by atoms with van der Waals surface area (Å²) in [7, 11) is 0. The van der Waals surface area contributed by atoms with Gasteiger partial charge in [0.15, 0.2) is 0 Å². The molecule has 0 unspecified atom stereocenters. The Labute approximate surface area is 145 Å². The first-order valence-electron chi connectivity index (χ1n) is 8.24. The van der Waals surface area contributed by atoms with Gasteiger partial charge in [0.1, 0.15) is 5.82 Å². The highest BCUT2D eigenvalue weighted by Gasteiger charge is 2.04. The van der Waals surface area contributed by atoms with Gasteiger partial charge in [0.05, 0.1) is 5.69 Å². The molecule has 0 saturated heterocycles. The number of carboxylic acids is 1. The number of carbonyl (C=O) groups is 2. The standard InChI is InChI=1S/C19H21FN2O3/c20-16-9-7-15(8-10-16)17-11-6-14(13-22-17)3-2-12-21-18(23)4-1-5-19(24)25/h6-11,13H,1-5,12H2,(H,21,23)(H,24,25). The van der Waals surface area contributed by atoms with Gasteiger partial charge in [-0.05, 0) is 55.2 Å². The van der Waals surface area contributed by atoms with Crippen molar-refractivity contribution in [2.45, 2.75) is 32.1 Å². The summed E-state index contributed by atoms with van der Waals surface area (Å²) in [5, 5.41) is 11.3. The van der Waals surface area contributed by atoms with E-state index in [4.69, 9.17) is 5.11 Å². The van der Waals surface area contributed by atoms with E-state index in [2.05, 4.69) is 10.3 Å². The van der Waals surface area contributed by atoms with E-state index < -0.39 is 5.97 Å². The fraction of sp³-hybridized carbons (Fsp3) is 0.316. The van der Waals surface area contributed by atoms with E-state index in [9.17, 15) is 14.0 Å². The lowest BCUT2D eigenvalue weighted by atomic mass is 10.1. The fourth-order valence-electron chi connectivity index (χ4n) is 2.37. The number of amides is 1. The Bertz CT molecular complexity index is 700. The lowest BCUT2D eigenvalue weighted by Crippen LogP contribution is -2.24. The number of pyridine rings is 1. The molecule has 1 aromatic heterocycles. The molecule has 1 aromatic carbocycles. The summed E-state index contributed by atoms with van der Waals surface area (Å²) in [6, 6.07) is 10.1. The minimum atomic E-state index is -0.885. The Morgan fingerprint density at radius 2 is 1.80 bits per heavy atom. The molecule has 132 valence electrons. The Morgan fingerprint density at radius 1 is 1.04 bits per heavy atom. The Morgan fingerprint density at radius 3 is 2.44 bits per heavy atom. The van der Waals surface area contributed by atoms with Crippen molar-refractivity contribution in [3.63, 3.8) is 0 Å². The molecule has 6 heteroatoms. The minimum Gasteiger partial charge on any atom is -0.481 e. The quantitative estimate of drug-likeness (QED) is 0.685. The maximum atomic E-state index is 12.9. The zero-order valence-corrected chi connectivity index (χ0v) is 13.9. The summed E-state index contributed by atoms with van der Waals surface area (Å²) >= 11 is 0. The van der Waals surface area contributed by atoms with Gasteiger partial charge in [-0.3, -0.25) is 14.6 Å². The van der Waals surface area contributed by atoms with Crippen LogP contribution in [0.2, 0.25) is 0 Å². The van der Waals surface area contributed by atoms with Crippen LogP contribution >= 0.6 is 0 Å². The van der Waals surface area contributed by atoms with Crippen molar-refractivity contribution in [1.29, 1.82) is 0 Å². The van der Waals surface area contributed by atoms with Crippen LogP contribution < -0.4 is 5.32 Å². The van der Waals surface area contributed by atoms with Gasteiger partial charge < -0.3 is 10.4 Å². The van der Waals surface area contributed by atoms with Gasteiger partial charge in [0.2, 0.25) is 5.91 Å². The van der Waals surface area contributed by atoms with Crippen LogP contribution in [0.4, 0.5) is 4.39 Å². The van der Waals surface area contributed by atoms with E-state index in [-0.39, 0.29) is 24.6 Å². The van der Waals surface area contributed by atoms with Gasteiger partial charge in [0.25, 0.3) is 0 Å². The summed E-state index contributed by atoms with van der Waals surface area (Å²) in [4.78, 5) is 26.3. The number of hydrogen-bond acceptors (Lipinski definition) is 3. The molecule has 0 bridgehead atoms. The number of hydrogen-bond donors (Lipinski definition) is 2. The van der Waals surface area contributed by atoms with Crippen molar-refractivity contribution in [2.24, 2.45) is 0 Å². The lowest BCUT2D eigenvalue weighted by Gasteiger charge is -2.06. The van der Waals surface area contributed by atoms with E-state index in [1.54, 1.807) is 18.3 Å². The van der Waals surface area contributed by atoms with Crippen molar-refractivity contribution in [1.82, 2.24) is 10.3 Å². The minimum absolute atomic E-state index is 0.0134. The second-order valence-electron chi connectivity index (χ2n) is 5.76. The lowest BCUT2D eigenvalue weighted by molar-refractivity contribution is -0.137. The molecule has 0 fully saturated rings. The number of nitrogens with one attached hydrogen (secondary N) is 1. The predicted octanol–water partition coefficient (Wildman–Crippen LogP) is 3.19. The predicted molar refractivity (Wildman–Crippen MR) is 92.4 cm³/mol. The van der Waals surface area contributed by atoms with Crippen LogP contribution in [-0.2, 0) is 16.0 Å². The van der Waals surface area contributed by atoms with E-state index in [1.807, 2.05) is 12.1 Å². The van der Waals surface area contributed by atoms with Gasteiger partial charge in [-0.25, -0.2) is 4.39 Å². The Balaban J connectivity index is 1.70. The molecular formula is C19H21FN2O3. The topological polar surface area (TPSA) is 79.3 Å². The van der Waals surface area contributed by atoms with Crippen molar-refractivity contribution in [2.75, 3.05) is 6.54 Å². The number of aromatic nitrogens is 1. The van der Waals surface area contributed by atoms with E-state index in [0.717, 1.165) is 29.7 Å². The molecule has 0 aliphatic heterocycles. The molecule has 0 aliphatic carbocycles. The second kappa shape index (κ2) is 9.52. The van der Waals surface area contributed by atoms with Gasteiger partial charge in [-0.15, -0.1) is 0 Å². The molecule has 0 saturated carbocycles. The number of aryl methyl sites for hydroxylation is 1. The SMILES string of the molecule is O=C(O)CCCC(=O)NCCCc1ccc(-c2ccc(F)cc2)nc1. The molecule has 0 atom stereocenters. The van der Waals surface area contributed by atoms with E-state index in [0.29, 0.717) is 13.0 Å². The van der Waals surface area contributed by atoms with Crippen molar-refractivity contribution in [3.05, 3.63) is 54.0 Å². The van der Waals surface area contributed by atoms with Crippen LogP contribution in [0, 0.1) is 5.82 Å². The number of halogens is 1. The summed E-state index contributed by atoms with van der Waals surface area (Å²) in [6.07, 6.45) is 3.96. The maximum absolute atomic E-state index is 12.9. The van der Waals surface area contributed by atoms with Crippen molar-refractivity contribution in [3.8, 4) is 11.3 Å². The molecule has 1 heterocycles. The molecular weight excluding hydrogens is 323 g/mol. The summed E-state index contributed by atoms with van der Waals surface area (Å²) < 4.78 is 12.9. The molecule has 5 nitrogen and oxygen atoms in total. The van der Waals surface area contributed by atoms with Crippen molar-refractivity contribution < 1.29 is 19.1 Å². The molecule has 0 spiro atoms. The molecule has 0 radical (unpaired) electrons. The van der Waals surface area contributed by atoms with E-state index in [1.165, 1.54) is 12.1 Å². The fourth-order valence-corrected chi connectivity index (χ4v) is 2.37. The van der Waals surface area contributed by atoms with Gasteiger partial charge in [-0.1, -0.05) is 6.07 Å². The highest BCUT2D eigenvalue weighted by Crippen LogP contribution is 2.17. The zero-order chi connectivity index (χ0) is 18.1. The van der Waals surface area contributed by atoms with Gasteiger partial charge in [0, 0.05) is 31.1 Å². The number of benzene rings is 1. The smallest absolute Gasteiger partial charge is 0.303 e. The summed E-state index contributed by atoms with van der Waals surface area (Å²) in [5.74, 6) is -1.28. The first kappa shape index (κ1) is 18.6. The molecule has 2 aromatic rings.